The summed E-state index contributed by atoms with van der Waals surface area (Å²) in [6.45, 7) is 0. The van der Waals surface area contributed by atoms with E-state index in [0.717, 1.165) is 28.7 Å². The number of amides is 1. The Labute approximate surface area is 196 Å². The second-order valence-electron chi connectivity index (χ2n) is 7.08. The Hall–Kier alpha value is -4.04. The van der Waals surface area contributed by atoms with Crippen molar-refractivity contribution in [3.8, 4) is 23.1 Å². The van der Waals surface area contributed by atoms with Crippen LogP contribution in [0.4, 0.5) is 18.9 Å². The number of H-pyrrole nitrogens is 1. The van der Waals surface area contributed by atoms with Crippen molar-refractivity contribution in [2.45, 2.75) is 11.2 Å². The van der Waals surface area contributed by atoms with E-state index >= 15 is 0 Å². The third-order valence-electron chi connectivity index (χ3n) is 4.85. The molecule has 0 saturated heterocycles. The summed E-state index contributed by atoms with van der Waals surface area (Å²) < 4.78 is 46.2. The summed E-state index contributed by atoms with van der Waals surface area (Å²) in [6.07, 6.45) is -3.17. The number of halogens is 3. The van der Waals surface area contributed by atoms with Gasteiger partial charge in [0.15, 0.2) is 0 Å². The van der Waals surface area contributed by atoms with Crippen LogP contribution in [0.25, 0.3) is 22.2 Å². The number of nitriles is 1. The van der Waals surface area contributed by atoms with E-state index in [0.29, 0.717) is 17.0 Å². The Balaban J connectivity index is 1.61. The van der Waals surface area contributed by atoms with Crippen molar-refractivity contribution in [3.05, 3.63) is 65.9 Å². The van der Waals surface area contributed by atoms with E-state index in [9.17, 15) is 23.2 Å². The van der Waals surface area contributed by atoms with E-state index in [1.807, 2.05) is 0 Å². The molecule has 0 bridgehead atoms. The van der Waals surface area contributed by atoms with Crippen LogP contribution >= 0.6 is 11.8 Å². The summed E-state index contributed by atoms with van der Waals surface area (Å²) in [4.78, 5) is 16.7. The number of ether oxygens (including phenoxy) is 1. The van der Waals surface area contributed by atoms with Crippen molar-refractivity contribution in [1.29, 1.82) is 5.26 Å². The number of anilines is 1. The lowest BCUT2D eigenvalue weighted by Gasteiger charge is -2.14. The molecule has 4 aromatic rings. The molecule has 2 aromatic heterocycles. The first-order chi connectivity index (χ1) is 16.3. The number of thioether (sulfide) groups is 1. The van der Waals surface area contributed by atoms with Gasteiger partial charge in [-0.05, 0) is 48.5 Å². The van der Waals surface area contributed by atoms with Gasteiger partial charge in [-0.15, -0.1) is 0 Å². The zero-order chi connectivity index (χ0) is 24.3. The summed E-state index contributed by atoms with van der Waals surface area (Å²) in [5.41, 5.74) is 0.0190. The molecule has 2 N–H and O–H groups in total. The zero-order valence-corrected chi connectivity index (χ0v) is 18.4. The van der Waals surface area contributed by atoms with Crippen LogP contribution in [0.3, 0.4) is 0 Å². The highest BCUT2D eigenvalue weighted by Crippen LogP contribution is 2.38. The molecule has 34 heavy (non-hydrogen) atoms. The molecule has 0 aliphatic carbocycles. The second kappa shape index (κ2) is 9.44. The maximum absolute atomic E-state index is 13.7. The van der Waals surface area contributed by atoms with Gasteiger partial charge in [-0.3, -0.25) is 9.89 Å². The Morgan fingerprint density at radius 2 is 1.97 bits per heavy atom. The lowest BCUT2D eigenvalue weighted by Crippen LogP contribution is -2.15. The number of benzene rings is 2. The summed E-state index contributed by atoms with van der Waals surface area (Å²) in [5, 5.41) is 19.5. The minimum absolute atomic E-state index is 0.0299. The number of nitrogens with zero attached hydrogens (tertiary/aromatic N) is 3. The van der Waals surface area contributed by atoms with Crippen LogP contribution in [-0.2, 0) is 11.0 Å². The van der Waals surface area contributed by atoms with Crippen LogP contribution in [0.1, 0.15) is 11.1 Å². The van der Waals surface area contributed by atoms with Crippen LogP contribution in [0.2, 0.25) is 0 Å². The number of hydrogen-bond acceptors (Lipinski definition) is 6. The smallest absolute Gasteiger partial charge is 0.417 e. The molecule has 11 heteroatoms. The largest absolute Gasteiger partial charge is 0.497 e. The fourth-order valence-corrected chi connectivity index (χ4v) is 4.02. The fraction of sp³-hybridized carbons (Fsp3) is 0.130. The number of rotatable bonds is 6. The number of aromatic nitrogens is 3. The molecule has 0 aliphatic rings. The number of hydrogen-bond donors (Lipinski definition) is 2. The molecule has 0 unspecified atom stereocenters. The molecule has 1 amide bonds. The maximum Gasteiger partial charge on any atom is 0.417 e. The molecule has 0 saturated carbocycles. The first-order valence-electron chi connectivity index (χ1n) is 9.81. The van der Waals surface area contributed by atoms with Crippen molar-refractivity contribution in [2.24, 2.45) is 0 Å². The molecule has 0 aliphatic heterocycles. The maximum atomic E-state index is 13.7. The highest BCUT2D eigenvalue weighted by Gasteiger charge is 2.36. The number of fused-ring (bicyclic) bond motifs is 1. The quantitative estimate of drug-likeness (QED) is 0.363. The third-order valence-corrected chi connectivity index (χ3v) is 5.83. The van der Waals surface area contributed by atoms with E-state index in [1.165, 1.54) is 7.11 Å². The molecule has 0 fully saturated rings. The average molecular weight is 483 g/mol. The topological polar surface area (TPSA) is 104 Å². The van der Waals surface area contributed by atoms with Gasteiger partial charge in [0.25, 0.3) is 0 Å². The van der Waals surface area contributed by atoms with Gasteiger partial charge in [0.05, 0.1) is 41.4 Å². The van der Waals surface area contributed by atoms with Crippen molar-refractivity contribution in [1.82, 2.24) is 15.2 Å². The molecule has 7 nitrogen and oxygen atoms in total. The van der Waals surface area contributed by atoms with Gasteiger partial charge in [0.1, 0.15) is 16.8 Å². The Morgan fingerprint density at radius 1 is 1.21 bits per heavy atom. The van der Waals surface area contributed by atoms with E-state index in [4.69, 9.17) is 4.74 Å². The first-order valence-corrected chi connectivity index (χ1v) is 10.8. The van der Waals surface area contributed by atoms with Crippen molar-refractivity contribution in [2.75, 3.05) is 18.2 Å². The van der Waals surface area contributed by atoms with Gasteiger partial charge in [-0.2, -0.15) is 23.5 Å². The Kier molecular flexibility index (Phi) is 6.43. The Morgan fingerprint density at radius 3 is 2.65 bits per heavy atom. The molecule has 2 aromatic carbocycles. The monoisotopic (exact) mass is 483 g/mol. The van der Waals surface area contributed by atoms with Crippen molar-refractivity contribution in [3.63, 3.8) is 0 Å². The highest BCUT2D eigenvalue weighted by molar-refractivity contribution is 8.00. The predicted molar refractivity (Wildman–Crippen MR) is 121 cm³/mol. The minimum Gasteiger partial charge on any atom is -0.497 e. The molecule has 2 heterocycles. The van der Waals surface area contributed by atoms with E-state index in [2.05, 4.69) is 20.5 Å². The molecule has 4 rings (SSSR count). The summed E-state index contributed by atoms with van der Waals surface area (Å²) in [7, 11) is 1.48. The third kappa shape index (κ3) is 4.97. The van der Waals surface area contributed by atoms with Gasteiger partial charge >= 0.3 is 6.18 Å². The molecule has 0 radical (unpaired) electrons. The number of alkyl halides is 3. The SMILES string of the molecule is COc1ccc(-c2cc(C(F)(F)F)c(C#N)c(SCC(=O)Nc3ccc4[nH]ncc4c3)n2)cc1. The lowest BCUT2D eigenvalue weighted by atomic mass is 10.1. The number of pyridine rings is 1. The van der Waals surface area contributed by atoms with Gasteiger partial charge in [-0.25, -0.2) is 4.98 Å². The summed E-state index contributed by atoms with van der Waals surface area (Å²) in [5.74, 6) is -0.163. The number of methoxy groups -OCH3 is 1. The zero-order valence-electron chi connectivity index (χ0n) is 17.6. The van der Waals surface area contributed by atoms with Crippen LogP contribution < -0.4 is 10.1 Å². The predicted octanol–water partition coefficient (Wildman–Crippen LogP) is 5.25. The fourth-order valence-electron chi connectivity index (χ4n) is 3.22. The molecule has 172 valence electrons. The normalized spacial score (nSPS) is 11.3. The standard InChI is InChI=1S/C23H16F3N5O2S/c1-33-16-5-2-13(3-6-16)20-9-18(23(24,25)26)17(10-27)22(30-20)34-12-21(32)29-15-4-7-19-14(8-15)11-28-31-19/h2-9,11H,12H2,1H3,(H,28,31)(H,29,32). The van der Waals surface area contributed by atoms with Gasteiger partial charge in [0, 0.05) is 16.6 Å². The van der Waals surface area contributed by atoms with Crippen molar-refractivity contribution >= 4 is 34.3 Å². The van der Waals surface area contributed by atoms with E-state index in [-0.39, 0.29) is 16.5 Å². The number of carbonyl (C=O) groups is 1. The van der Waals surface area contributed by atoms with E-state index in [1.54, 1.807) is 54.7 Å². The summed E-state index contributed by atoms with van der Waals surface area (Å²) in [6, 6.07) is 13.9. The highest BCUT2D eigenvalue weighted by atomic mass is 32.2. The van der Waals surface area contributed by atoms with Crippen LogP contribution in [0, 0.1) is 11.3 Å². The minimum atomic E-state index is -4.77. The van der Waals surface area contributed by atoms with Gasteiger partial charge < -0.3 is 10.1 Å². The number of aromatic amines is 1. The number of carbonyl (C=O) groups excluding carboxylic acids is 1. The first kappa shape index (κ1) is 23.1. The van der Waals surface area contributed by atoms with Crippen molar-refractivity contribution < 1.29 is 22.7 Å². The van der Waals surface area contributed by atoms with E-state index < -0.39 is 23.2 Å². The van der Waals surface area contributed by atoms with Crippen LogP contribution in [0.5, 0.6) is 5.75 Å². The molecule has 0 atom stereocenters. The second-order valence-corrected chi connectivity index (χ2v) is 8.05. The van der Waals surface area contributed by atoms with Gasteiger partial charge in [0.2, 0.25) is 5.91 Å². The molecular weight excluding hydrogens is 467 g/mol. The Bertz CT molecular complexity index is 1390. The van der Waals surface area contributed by atoms with Crippen LogP contribution in [0.15, 0.2) is 59.8 Å². The average Bonchev–Trinajstić information content (AvgIpc) is 3.29. The number of nitrogens with one attached hydrogen (secondary N) is 2. The summed E-state index contributed by atoms with van der Waals surface area (Å²) >= 11 is 0.762. The van der Waals surface area contributed by atoms with Crippen LogP contribution in [-0.4, -0.2) is 34.0 Å². The lowest BCUT2D eigenvalue weighted by molar-refractivity contribution is -0.138. The molecule has 0 spiro atoms. The van der Waals surface area contributed by atoms with Gasteiger partial charge in [-0.1, -0.05) is 11.8 Å². The molecular formula is C23H16F3N5O2S.